The van der Waals surface area contributed by atoms with Crippen molar-refractivity contribution in [1.29, 1.82) is 0 Å². The lowest BCUT2D eigenvalue weighted by Gasteiger charge is -2.42. The van der Waals surface area contributed by atoms with Crippen LogP contribution in [0.4, 0.5) is 0 Å². The van der Waals surface area contributed by atoms with Crippen LogP contribution in [-0.2, 0) is 0 Å². The lowest BCUT2D eigenvalue weighted by molar-refractivity contribution is 0.332. The van der Waals surface area contributed by atoms with E-state index in [4.69, 9.17) is 4.42 Å². The smallest absolute Gasteiger partial charge is 0.182 e. The molecule has 0 saturated heterocycles. The van der Waals surface area contributed by atoms with Crippen LogP contribution in [0, 0.1) is 12.8 Å². The number of benzene rings is 1. The van der Waals surface area contributed by atoms with E-state index in [0.717, 1.165) is 17.0 Å². The zero-order valence-electron chi connectivity index (χ0n) is 14.9. The van der Waals surface area contributed by atoms with Crippen molar-refractivity contribution in [2.24, 2.45) is 5.92 Å². The summed E-state index contributed by atoms with van der Waals surface area (Å²) in [6, 6.07) is 0. The summed E-state index contributed by atoms with van der Waals surface area (Å²) in [6.45, 7) is 11.5. The van der Waals surface area contributed by atoms with Crippen molar-refractivity contribution in [1.82, 2.24) is 4.98 Å². The van der Waals surface area contributed by atoms with E-state index >= 15 is 0 Å². The van der Waals surface area contributed by atoms with Crippen LogP contribution < -0.4 is 0 Å². The van der Waals surface area contributed by atoms with Crippen LogP contribution in [-0.4, -0.2) is 4.98 Å². The predicted molar refractivity (Wildman–Crippen MR) is 95.1 cm³/mol. The number of oxazole rings is 1. The topological polar surface area (TPSA) is 26.0 Å². The molecule has 0 aliphatic heterocycles. The van der Waals surface area contributed by atoms with Gasteiger partial charge in [-0.25, -0.2) is 4.98 Å². The van der Waals surface area contributed by atoms with Crippen molar-refractivity contribution in [3.8, 4) is 0 Å². The molecule has 4 rings (SSSR count). The van der Waals surface area contributed by atoms with E-state index < -0.39 is 0 Å². The maximum Gasteiger partial charge on any atom is 0.182 e. The highest BCUT2D eigenvalue weighted by atomic mass is 16.3. The Morgan fingerprint density at radius 2 is 1.96 bits per heavy atom. The van der Waals surface area contributed by atoms with Crippen molar-refractivity contribution in [2.75, 3.05) is 0 Å². The molecule has 1 aromatic carbocycles. The molecule has 0 N–H and O–H groups in total. The number of nitrogens with zero attached hydrogens (tertiary/aromatic N) is 1. The summed E-state index contributed by atoms with van der Waals surface area (Å²) in [7, 11) is 0. The van der Waals surface area contributed by atoms with Crippen molar-refractivity contribution >= 4 is 11.1 Å². The summed E-state index contributed by atoms with van der Waals surface area (Å²) in [5.41, 5.74) is 9.56. The Kier molecular flexibility index (Phi) is 3.40. The molecule has 122 valence electrons. The van der Waals surface area contributed by atoms with Crippen LogP contribution in [0.15, 0.2) is 22.5 Å². The lowest BCUT2D eigenvalue weighted by atomic mass is 9.62. The number of hydrogen-bond acceptors (Lipinski definition) is 2. The molecule has 0 amide bonds. The van der Waals surface area contributed by atoms with E-state index in [9.17, 15) is 0 Å². The van der Waals surface area contributed by atoms with Crippen molar-refractivity contribution in [2.45, 2.75) is 71.6 Å². The summed E-state index contributed by atoms with van der Waals surface area (Å²) in [6.07, 6.45) is 7.97. The number of hydrogen-bond donors (Lipinski definition) is 0. The second-order valence-electron chi connectivity index (χ2n) is 8.04. The number of aryl methyl sites for hydroxylation is 1. The molecule has 0 bridgehead atoms. The quantitative estimate of drug-likeness (QED) is 0.585. The Bertz CT molecular complexity index is 794. The van der Waals surface area contributed by atoms with Crippen molar-refractivity contribution in [3.63, 3.8) is 0 Å². The fraction of sp³-hybridized carbons (Fsp3) is 0.571. The van der Waals surface area contributed by atoms with Gasteiger partial charge in [-0.15, -0.1) is 0 Å². The predicted octanol–water partition coefficient (Wildman–Crippen LogP) is 6.21. The van der Waals surface area contributed by atoms with Gasteiger partial charge in [0.05, 0.1) is 0 Å². The van der Waals surface area contributed by atoms with Gasteiger partial charge in [0.2, 0.25) is 0 Å². The van der Waals surface area contributed by atoms with E-state index in [1.54, 1.807) is 17.5 Å². The zero-order chi connectivity index (χ0) is 16.3. The van der Waals surface area contributed by atoms with Gasteiger partial charge in [0.25, 0.3) is 0 Å². The van der Waals surface area contributed by atoms with Gasteiger partial charge in [-0.05, 0) is 74.5 Å². The maximum absolute atomic E-state index is 5.86. The van der Waals surface area contributed by atoms with E-state index in [2.05, 4.69) is 45.7 Å². The van der Waals surface area contributed by atoms with Gasteiger partial charge in [0.15, 0.2) is 12.0 Å². The zero-order valence-corrected chi connectivity index (χ0v) is 14.9. The SMILES string of the molecule is CC(C)=C[C@@H]1C[C@H](C)[C@H]2CC[C@H](C)c3c2c1c(C)c1ncoc31. The highest BCUT2D eigenvalue weighted by Crippen LogP contribution is 2.55. The van der Waals surface area contributed by atoms with E-state index in [1.807, 2.05) is 0 Å². The molecule has 0 radical (unpaired) electrons. The number of aromatic nitrogens is 1. The molecule has 2 nitrogen and oxygen atoms in total. The first-order valence-electron chi connectivity index (χ1n) is 9.03. The third-order valence-corrected chi connectivity index (χ3v) is 6.14. The summed E-state index contributed by atoms with van der Waals surface area (Å²) >= 11 is 0. The first-order chi connectivity index (χ1) is 11.0. The Morgan fingerprint density at radius 3 is 2.70 bits per heavy atom. The fourth-order valence-corrected chi connectivity index (χ4v) is 5.19. The number of allylic oxidation sites excluding steroid dienone is 2. The summed E-state index contributed by atoms with van der Waals surface area (Å²) in [5, 5.41) is 0. The van der Waals surface area contributed by atoms with Gasteiger partial charge in [-0.3, -0.25) is 0 Å². The fourth-order valence-electron chi connectivity index (χ4n) is 5.19. The number of rotatable bonds is 1. The molecule has 1 heterocycles. The van der Waals surface area contributed by atoms with Crippen LogP contribution in [0.2, 0.25) is 0 Å². The van der Waals surface area contributed by atoms with Crippen molar-refractivity contribution in [3.05, 3.63) is 40.3 Å². The van der Waals surface area contributed by atoms with Crippen LogP contribution in [0.1, 0.15) is 87.0 Å². The van der Waals surface area contributed by atoms with Gasteiger partial charge in [-0.1, -0.05) is 25.5 Å². The highest BCUT2D eigenvalue weighted by molar-refractivity contribution is 5.84. The molecule has 2 heteroatoms. The Labute approximate surface area is 139 Å². The molecule has 0 spiro atoms. The lowest BCUT2D eigenvalue weighted by Crippen LogP contribution is -2.28. The average molecular weight is 309 g/mol. The summed E-state index contributed by atoms with van der Waals surface area (Å²) in [4.78, 5) is 4.56. The highest BCUT2D eigenvalue weighted by Gasteiger charge is 2.40. The van der Waals surface area contributed by atoms with E-state index in [0.29, 0.717) is 17.8 Å². The molecule has 4 atom stereocenters. The van der Waals surface area contributed by atoms with Gasteiger partial charge in [0, 0.05) is 11.5 Å². The first kappa shape index (κ1) is 15.0. The second kappa shape index (κ2) is 5.22. The molecular formula is C21H27NO. The molecule has 2 aromatic rings. The third kappa shape index (κ3) is 2.10. The van der Waals surface area contributed by atoms with Crippen LogP contribution >= 0.6 is 0 Å². The van der Waals surface area contributed by atoms with Gasteiger partial charge < -0.3 is 4.42 Å². The number of fused-ring (bicyclic) bond motifs is 2. The Morgan fingerprint density at radius 1 is 1.17 bits per heavy atom. The van der Waals surface area contributed by atoms with Crippen LogP contribution in [0.5, 0.6) is 0 Å². The van der Waals surface area contributed by atoms with Gasteiger partial charge in [-0.2, -0.15) is 0 Å². The summed E-state index contributed by atoms with van der Waals surface area (Å²) in [5.74, 6) is 2.56. The standard InChI is InChI=1S/C21H27NO/c1-11(2)8-15-9-13(4)16-7-6-12(3)17-19(16)18(15)14(5)20-21(17)23-10-22-20/h8,10,12-13,15-16H,6-7,9H2,1-5H3/t12-,13-,15+,16+/m0/s1. The normalized spacial score (nSPS) is 29.4. The van der Waals surface area contributed by atoms with Gasteiger partial charge >= 0.3 is 0 Å². The minimum Gasteiger partial charge on any atom is -0.443 e. The minimum absolute atomic E-state index is 0.534. The second-order valence-corrected chi connectivity index (χ2v) is 8.04. The average Bonchev–Trinajstić information content (AvgIpc) is 2.95. The Balaban J connectivity index is 2.10. The molecule has 0 unspecified atom stereocenters. The van der Waals surface area contributed by atoms with Gasteiger partial charge in [0.1, 0.15) is 5.52 Å². The largest absolute Gasteiger partial charge is 0.443 e. The van der Waals surface area contributed by atoms with Crippen LogP contribution in [0.25, 0.3) is 11.1 Å². The van der Waals surface area contributed by atoms with Crippen LogP contribution in [0.3, 0.4) is 0 Å². The third-order valence-electron chi connectivity index (χ3n) is 6.14. The molecule has 23 heavy (non-hydrogen) atoms. The molecular weight excluding hydrogens is 282 g/mol. The molecule has 1 aromatic heterocycles. The van der Waals surface area contributed by atoms with Crippen molar-refractivity contribution < 1.29 is 4.42 Å². The molecule has 2 aliphatic carbocycles. The van der Waals surface area contributed by atoms with E-state index in [-0.39, 0.29) is 0 Å². The Hall–Kier alpha value is -1.57. The molecule has 2 aliphatic rings. The minimum atomic E-state index is 0.534. The monoisotopic (exact) mass is 309 g/mol. The molecule has 0 saturated carbocycles. The molecule has 0 fully saturated rings. The maximum atomic E-state index is 5.86. The first-order valence-corrected chi connectivity index (χ1v) is 9.03. The summed E-state index contributed by atoms with van der Waals surface area (Å²) < 4.78 is 5.86. The van der Waals surface area contributed by atoms with E-state index in [1.165, 1.54) is 36.0 Å².